The molecule has 0 atom stereocenters. The Labute approximate surface area is 91.6 Å². The smallest absolute Gasteiger partial charge is 0.175 e. The zero-order valence-electron chi connectivity index (χ0n) is 6.48. The molecule has 0 fully saturated rings. The highest BCUT2D eigenvalue weighted by Crippen LogP contribution is 2.24. The lowest BCUT2D eigenvalue weighted by atomic mass is 10.1. The van der Waals surface area contributed by atoms with Gasteiger partial charge in [0.05, 0.1) is 15.5 Å². The molecule has 1 aromatic rings. The standard InChI is InChI=1S/C8H6Br2FNO/c9-3-6(13)4-1-2-5(10)7(11)8(4)12/h1-2H,3,12H2. The summed E-state index contributed by atoms with van der Waals surface area (Å²) in [6.45, 7) is 0. The first kappa shape index (κ1) is 10.7. The maximum Gasteiger partial charge on any atom is 0.175 e. The van der Waals surface area contributed by atoms with E-state index in [0.717, 1.165) is 0 Å². The van der Waals surface area contributed by atoms with Gasteiger partial charge in [0.25, 0.3) is 0 Å². The predicted molar refractivity (Wildman–Crippen MR) is 56.6 cm³/mol. The van der Waals surface area contributed by atoms with Gasteiger partial charge < -0.3 is 5.73 Å². The maximum absolute atomic E-state index is 13.1. The second kappa shape index (κ2) is 4.19. The molecule has 0 saturated carbocycles. The van der Waals surface area contributed by atoms with E-state index in [0.29, 0.717) is 0 Å². The average Bonchev–Trinajstić information content (AvgIpc) is 2.13. The van der Waals surface area contributed by atoms with Gasteiger partial charge in [-0.1, -0.05) is 15.9 Å². The second-order valence-electron chi connectivity index (χ2n) is 2.38. The van der Waals surface area contributed by atoms with Gasteiger partial charge in [0.15, 0.2) is 11.6 Å². The van der Waals surface area contributed by atoms with Gasteiger partial charge in [-0.15, -0.1) is 0 Å². The van der Waals surface area contributed by atoms with Crippen molar-refractivity contribution in [3.63, 3.8) is 0 Å². The maximum atomic E-state index is 13.1. The van der Waals surface area contributed by atoms with E-state index < -0.39 is 5.82 Å². The summed E-state index contributed by atoms with van der Waals surface area (Å²) in [5.74, 6) is -0.823. The monoisotopic (exact) mass is 309 g/mol. The van der Waals surface area contributed by atoms with Crippen LogP contribution in [-0.2, 0) is 0 Å². The number of halogens is 3. The van der Waals surface area contributed by atoms with Crippen LogP contribution in [0.4, 0.5) is 10.1 Å². The number of hydrogen-bond donors (Lipinski definition) is 1. The third-order valence-corrected chi connectivity index (χ3v) is 2.68. The lowest BCUT2D eigenvalue weighted by Gasteiger charge is -2.04. The minimum atomic E-state index is -0.591. The number of anilines is 1. The molecule has 0 radical (unpaired) electrons. The summed E-state index contributed by atoms with van der Waals surface area (Å²) in [5, 5.41) is 0.137. The normalized spacial score (nSPS) is 10.1. The van der Waals surface area contributed by atoms with E-state index in [1.54, 1.807) is 0 Å². The quantitative estimate of drug-likeness (QED) is 0.518. The summed E-state index contributed by atoms with van der Waals surface area (Å²) in [6, 6.07) is 2.95. The van der Waals surface area contributed by atoms with Gasteiger partial charge in [-0.3, -0.25) is 4.79 Å². The number of alkyl halides is 1. The zero-order chi connectivity index (χ0) is 10.0. The first-order valence-electron chi connectivity index (χ1n) is 3.40. The molecule has 2 N–H and O–H groups in total. The van der Waals surface area contributed by atoms with Gasteiger partial charge in [0.2, 0.25) is 0 Å². The molecule has 0 aromatic heterocycles. The van der Waals surface area contributed by atoms with Crippen molar-refractivity contribution in [2.24, 2.45) is 0 Å². The molecule has 1 rings (SSSR count). The topological polar surface area (TPSA) is 43.1 Å². The summed E-state index contributed by atoms with van der Waals surface area (Å²) in [6.07, 6.45) is 0. The molecule has 0 spiro atoms. The van der Waals surface area contributed by atoms with E-state index in [-0.39, 0.29) is 26.8 Å². The third-order valence-electron chi connectivity index (χ3n) is 1.55. The van der Waals surface area contributed by atoms with Gasteiger partial charge in [0, 0.05) is 5.56 Å². The lowest BCUT2D eigenvalue weighted by Crippen LogP contribution is -2.06. The van der Waals surface area contributed by atoms with Crippen LogP contribution in [0.2, 0.25) is 0 Å². The van der Waals surface area contributed by atoms with Crippen molar-refractivity contribution >= 4 is 43.3 Å². The van der Waals surface area contributed by atoms with Crippen LogP contribution in [-0.4, -0.2) is 11.1 Å². The van der Waals surface area contributed by atoms with Crippen LogP contribution in [0.1, 0.15) is 10.4 Å². The number of hydrogen-bond acceptors (Lipinski definition) is 2. The van der Waals surface area contributed by atoms with Crippen molar-refractivity contribution in [2.75, 3.05) is 11.1 Å². The molecule has 1 aromatic carbocycles. The van der Waals surface area contributed by atoms with Gasteiger partial charge in [-0.2, -0.15) is 0 Å². The molecule has 0 heterocycles. The van der Waals surface area contributed by atoms with Gasteiger partial charge >= 0.3 is 0 Å². The van der Waals surface area contributed by atoms with Crippen LogP contribution >= 0.6 is 31.9 Å². The molecule has 5 heteroatoms. The summed E-state index contributed by atoms with van der Waals surface area (Å²) in [5.41, 5.74) is 5.51. The van der Waals surface area contributed by atoms with Crippen molar-refractivity contribution in [3.8, 4) is 0 Å². The number of Topliss-reactive ketones (excluding diaryl/α,β-unsaturated/α-hetero) is 1. The minimum absolute atomic E-state index is 0.112. The molecule has 2 nitrogen and oxygen atoms in total. The Morgan fingerprint density at radius 1 is 1.54 bits per heavy atom. The van der Waals surface area contributed by atoms with Gasteiger partial charge in [-0.05, 0) is 28.1 Å². The van der Waals surface area contributed by atoms with Crippen LogP contribution in [0.25, 0.3) is 0 Å². The fourth-order valence-corrected chi connectivity index (χ4v) is 1.53. The first-order valence-corrected chi connectivity index (χ1v) is 5.32. The number of carbonyl (C=O) groups excluding carboxylic acids is 1. The Morgan fingerprint density at radius 2 is 2.15 bits per heavy atom. The molecule has 0 amide bonds. The Balaban J connectivity index is 3.26. The number of ketones is 1. The number of benzene rings is 1. The molecule has 0 bridgehead atoms. The highest BCUT2D eigenvalue weighted by molar-refractivity contribution is 9.10. The summed E-state index contributed by atoms with van der Waals surface area (Å²) in [7, 11) is 0. The van der Waals surface area contributed by atoms with Crippen molar-refractivity contribution in [2.45, 2.75) is 0 Å². The first-order chi connectivity index (χ1) is 6.07. The molecule has 0 unspecified atom stereocenters. The number of nitrogen functional groups attached to an aromatic ring is 1. The van der Waals surface area contributed by atoms with Crippen molar-refractivity contribution < 1.29 is 9.18 Å². The number of carbonyl (C=O) groups is 1. The molecule has 70 valence electrons. The van der Waals surface area contributed by atoms with Gasteiger partial charge in [-0.25, -0.2) is 4.39 Å². The fourth-order valence-electron chi connectivity index (χ4n) is 0.881. The van der Waals surface area contributed by atoms with E-state index in [4.69, 9.17) is 5.73 Å². The predicted octanol–water partition coefficient (Wildman–Crippen LogP) is 2.75. The van der Waals surface area contributed by atoms with E-state index in [1.807, 2.05) is 0 Å². The van der Waals surface area contributed by atoms with Crippen molar-refractivity contribution in [1.29, 1.82) is 0 Å². The Kier molecular flexibility index (Phi) is 3.44. The Hall–Kier alpha value is -0.420. The largest absolute Gasteiger partial charge is 0.396 e. The Bertz CT molecular complexity index is 354. The zero-order valence-corrected chi connectivity index (χ0v) is 9.65. The van der Waals surface area contributed by atoms with Gasteiger partial charge in [0.1, 0.15) is 0 Å². The molecular weight excluding hydrogens is 305 g/mol. The SMILES string of the molecule is Nc1c(C(=O)CBr)ccc(Br)c1F. The van der Waals surface area contributed by atoms with Crippen LogP contribution in [0.5, 0.6) is 0 Å². The van der Waals surface area contributed by atoms with Crippen LogP contribution in [0.15, 0.2) is 16.6 Å². The molecule has 0 aliphatic heterocycles. The number of rotatable bonds is 2. The summed E-state index contributed by atoms with van der Waals surface area (Å²) < 4.78 is 13.4. The molecule has 0 aliphatic carbocycles. The highest BCUT2D eigenvalue weighted by Gasteiger charge is 2.13. The molecular formula is C8H6Br2FNO. The van der Waals surface area contributed by atoms with Crippen LogP contribution in [0.3, 0.4) is 0 Å². The molecule has 0 aliphatic rings. The number of nitrogens with two attached hydrogens (primary N) is 1. The minimum Gasteiger partial charge on any atom is -0.396 e. The summed E-state index contributed by atoms with van der Waals surface area (Å²) in [4.78, 5) is 11.2. The lowest BCUT2D eigenvalue weighted by molar-refractivity contribution is 0.102. The average molecular weight is 311 g/mol. The molecule has 13 heavy (non-hydrogen) atoms. The van der Waals surface area contributed by atoms with Crippen molar-refractivity contribution in [1.82, 2.24) is 0 Å². The van der Waals surface area contributed by atoms with Crippen molar-refractivity contribution in [3.05, 3.63) is 28.0 Å². The molecule has 0 saturated heterocycles. The second-order valence-corrected chi connectivity index (χ2v) is 3.79. The summed E-state index contributed by atoms with van der Waals surface area (Å²) >= 11 is 5.96. The van der Waals surface area contributed by atoms with E-state index in [1.165, 1.54) is 12.1 Å². The van der Waals surface area contributed by atoms with E-state index in [2.05, 4.69) is 31.9 Å². The van der Waals surface area contributed by atoms with E-state index in [9.17, 15) is 9.18 Å². The van der Waals surface area contributed by atoms with Crippen LogP contribution in [0, 0.1) is 5.82 Å². The fraction of sp³-hybridized carbons (Fsp3) is 0.125. The highest BCUT2D eigenvalue weighted by atomic mass is 79.9. The third kappa shape index (κ3) is 2.08. The van der Waals surface area contributed by atoms with Crippen LogP contribution < -0.4 is 5.73 Å². The van der Waals surface area contributed by atoms with E-state index >= 15 is 0 Å². The Morgan fingerprint density at radius 3 is 2.69 bits per heavy atom.